The van der Waals surface area contributed by atoms with Gasteiger partial charge in [-0.25, -0.2) is 18.7 Å². The van der Waals surface area contributed by atoms with Crippen molar-refractivity contribution < 1.29 is 18.3 Å². The third kappa shape index (κ3) is 5.12. The van der Waals surface area contributed by atoms with Gasteiger partial charge in [0.15, 0.2) is 0 Å². The van der Waals surface area contributed by atoms with E-state index in [1.54, 1.807) is 36.3 Å². The summed E-state index contributed by atoms with van der Waals surface area (Å²) in [6, 6.07) is 8.13. The van der Waals surface area contributed by atoms with E-state index in [-0.39, 0.29) is 17.0 Å². The molecule has 1 atom stereocenters. The molecule has 1 aliphatic rings. The quantitative estimate of drug-likeness (QED) is 0.438. The van der Waals surface area contributed by atoms with Crippen LogP contribution in [0.15, 0.2) is 55.0 Å². The second kappa shape index (κ2) is 9.75. The van der Waals surface area contributed by atoms with Crippen molar-refractivity contribution >= 4 is 22.8 Å². The molecule has 3 heterocycles. The van der Waals surface area contributed by atoms with E-state index in [0.29, 0.717) is 35.8 Å². The van der Waals surface area contributed by atoms with E-state index >= 15 is 0 Å². The van der Waals surface area contributed by atoms with Crippen molar-refractivity contribution in [2.24, 2.45) is 7.05 Å². The number of amides is 1. The van der Waals surface area contributed by atoms with E-state index in [4.69, 9.17) is 4.74 Å². The van der Waals surface area contributed by atoms with Crippen molar-refractivity contribution in [1.29, 1.82) is 0 Å². The Hall–Kier alpha value is -3.92. The number of halogens is 2. The number of carbonyl (C=O) groups is 1. The first kappa shape index (κ1) is 22.9. The Labute approximate surface area is 200 Å². The summed E-state index contributed by atoms with van der Waals surface area (Å²) in [5.74, 6) is -1.19. The molecule has 35 heavy (non-hydrogen) atoms. The van der Waals surface area contributed by atoms with Crippen LogP contribution in [-0.4, -0.2) is 44.9 Å². The van der Waals surface area contributed by atoms with Gasteiger partial charge in [-0.2, -0.15) is 5.10 Å². The van der Waals surface area contributed by atoms with E-state index in [0.717, 1.165) is 18.9 Å². The molecule has 1 amide bonds. The normalized spacial score (nSPS) is 15.2. The summed E-state index contributed by atoms with van der Waals surface area (Å²) in [7, 11) is 1.75. The molecule has 2 aromatic heterocycles. The van der Waals surface area contributed by atoms with Crippen molar-refractivity contribution in [1.82, 2.24) is 25.1 Å². The van der Waals surface area contributed by atoms with Crippen LogP contribution in [-0.2, 0) is 11.8 Å². The average molecular weight is 479 g/mol. The first-order valence-corrected chi connectivity index (χ1v) is 11.3. The summed E-state index contributed by atoms with van der Waals surface area (Å²) < 4.78 is 35.8. The van der Waals surface area contributed by atoms with Crippen LogP contribution in [0.1, 0.15) is 40.4 Å². The summed E-state index contributed by atoms with van der Waals surface area (Å²) in [6.45, 7) is 1.32. The number of fused-ring (bicyclic) bond motifs is 1. The number of aryl methyl sites for hydroxylation is 1. The Morgan fingerprint density at radius 2 is 1.97 bits per heavy atom. The second-order valence-corrected chi connectivity index (χ2v) is 8.52. The molecule has 0 radical (unpaired) electrons. The molecule has 0 bridgehead atoms. The molecule has 5 rings (SSSR count). The number of nitrogens with zero attached hydrogens (tertiary/aromatic N) is 4. The van der Waals surface area contributed by atoms with Crippen LogP contribution in [0, 0.1) is 11.6 Å². The zero-order valence-electron chi connectivity index (χ0n) is 19.0. The first-order chi connectivity index (χ1) is 17.0. The molecule has 0 spiro atoms. The minimum atomic E-state index is -0.679. The summed E-state index contributed by atoms with van der Waals surface area (Å²) in [5, 5.41) is 10.5. The number of nitrogens with one attached hydrogen (secondary N) is 2. The molecule has 1 saturated heterocycles. The average Bonchev–Trinajstić information content (AvgIpc) is 3.28. The number of carbonyl (C=O) groups excluding carboxylic acids is 1. The summed E-state index contributed by atoms with van der Waals surface area (Å²) in [6.07, 6.45) is 6.39. The molecule has 2 aromatic carbocycles. The highest BCUT2D eigenvalue weighted by atomic mass is 19.1. The zero-order chi connectivity index (χ0) is 24.4. The van der Waals surface area contributed by atoms with Gasteiger partial charge in [-0.1, -0.05) is 12.1 Å². The molecular formula is C25H24F2N6O2. The Morgan fingerprint density at radius 3 is 2.71 bits per heavy atom. The van der Waals surface area contributed by atoms with E-state index < -0.39 is 23.6 Å². The van der Waals surface area contributed by atoms with E-state index in [9.17, 15) is 13.6 Å². The lowest BCUT2D eigenvalue weighted by molar-refractivity contribution is 0.0903. The molecule has 2 N–H and O–H groups in total. The Kier molecular flexibility index (Phi) is 6.37. The number of anilines is 1. The number of rotatable bonds is 6. The molecule has 8 nitrogen and oxygen atoms in total. The highest BCUT2D eigenvalue weighted by Crippen LogP contribution is 2.25. The van der Waals surface area contributed by atoms with Gasteiger partial charge in [0.25, 0.3) is 5.91 Å². The predicted octanol–water partition coefficient (Wildman–Crippen LogP) is 3.75. The standard InChI is InChI=1S/C25H24F2N6O2/c1-33-14-17(12-29-33)23(15-3-2-4-18(26)9-15)32-24(34)16-10-21(27)20-13-28-25(31-22(20)11-16)30-19-5-7-35-8-6-19/h2-4,9-14,19,23H,5-8H2,1H3,(H,32,34)(H,28,30,31)/t23-/m0/s1. The van der Waals surface area contributed by atoms with Gasteiger partial charge in [0.1, 0.15) is 11.6 Å². The van der Waals surface area contributed by atoms with Gasteiger partial charge in [-0.15, -0.1) is 0 Å². The number of hydrogen-bond acceptors (Lipinski definition) is 6. The third-order valence-electron chi connectivity index (χ3n) is 5.98. The molecule has 0 unspecified atom stereocenters. The fraction of sp³-hybridized carbons (Fsp3) is 0.280. The monoisotopic (exact) mass is 478 g/mol. The lowest BCUT2D eigenvalue weighted by atomic mass is 10.0. The van der Waals surface area contributed by atoms with Crippen LogP contribution in [0.4, 0.5) is 14.7 Å². The smallest absolute Gasteiger partial charge is 0.252 e. The first-order valence-electron chi connectivity index (χ1n) is 11.3. The van der Waals surface area contributed by atoms with Gasteiger partial charge >= 0.3 is 0 Å². The van der Waals surface area contributed by atoms with Gasteiger partial charge in [-0.05, 0) is 42.7 Å². The fourth-order valence-corrected chi connectivity index (χ4v) is 4.17. The summed E-state index contributed by atoms with van der Waals surface area (Å²) in [4.78, 5) is 21.9. The molecule has 0 aliphatic carbocycles. The largest absolute Gasteiger partial charge is 0.381 e. The van der Waals surface area contributed by atoms with Crippen LogP contribution in [0.3, 0.4) is 0 Å². The minimum absolute atomic E-state index is 0.0935. The molecule has 4 aromatic rings. The number of ether oxygens (including phenoxy) is 1. The maximum atomic E-state index is 14.9. The number of aromatic nitrogens is 4. The van der Waals surface area contributed by atoms with Crippen LogP contribution in [0.25, 0.3) is 10.9 Å². The van der Waals surface area contributed by atoms with Crippen LogP contribution in [0.2, 0.25) is 0 Å². The van der Waals surface area contributed by atoms with Gasteiger partial charge in [0.2, 0.25) is 5.95 Å². The van der Waals surface area contributed by atoms with E-state index in [1.807, 2.05) is 0 Å². The molecule has 10 heteroatoms. The van der Waals surface area contributed by atoms with Gasteiger partial charge in [0.05, 0.1) is 23.1 Å². The van der Waals surface area contributed by atoms with Crippen molar-refractivity contribution in [2.75, 3.05) is 18.5 Å². The highest BCUT2D eigenvalue weighted by molar-refractivity contribution is 5.98. The highest BCUT2D eigenvalue weighted by Gasteiger charge is 2.22. The Morgan fingerprint density at radius 1 is 1.14 bits per heavy atom. The number of hydrogen-bond donors (Lipinski definition) is 2. The molecular weight excluding hydrogens is 454 g/mol. The maximum absolute atomic E-state index is 14.9. The van der Waals surface area contributed by atoms with Crippen molar-refractivity contribution in [3.63, 3.8) is 0 Å². The van der Waals surface area contributed by atoms with Gasteiger partial charge in [0, 0.05) is 49.8 Å². The predicted molar refractivity (Wildman–Crippen MR) is 126 cm³/mol. The number of benzene rings is 2. The minimum Gasteiger partial charge on any atom is -0.381 e. The van der Waals surface area contributed by atoms with Gasteiger partial charge < -0.3 is 15.4 Å². The van der Waals surface area contributed by atoms with Crippen LogP contribution in [0.5, 0.6) is 0 Å². The fourth-order valence-electron chi connectivity index (χ4n) is 4.17. The van der Waals surface area contributed by atoms with Crippen molar-refractivity contribution in [3.05, 3.63) is 83.3 Å². The van der Waals surface area contributed by atoms with Crippen molar-refractivity contribution in [3.8, 4) is 0 Å². The Bertz CT molecular complexity index is 1370. The van der Waals surface area contributed by atoms with E-state index in [1.165, 1.54) is 24.4 Å². The molecule has 180 valence electrons. The SMILES string of the molecule is Cn1cc([C@@H](NC(=O)c2cc(F)c3cnc(NC4CCOCC4)nc3c2)c2cccc(F)c2)cn1. The lowest BCUT2D eigenvalue weighted by Gasteiger charge is -2.23. The topological polar surface area (TPSA) is 94.0 Å². The van der Waals surface area contributed by atoms with E-state index in [2.05, 4.69) is 25.7 Å². The molecule has 1 aliphatic heterocycles. The summed E-state index contributed by atoms with van der Waals surface area (Å²) in [5.41, 5.74) is 1.61. The van der Waals surface area contributed by atoms with Crippen LogP contribution >= 0.6 is 0 Å². The molecule has 1 fully saturated rings. The maximum Gasteiger partial charge on any atom is 0.252 e. The third-order valence-corrected chi connectivity index (χ3v) is 5.98. The second-order valence-electron chi connectivity index (χ2n) is 8.52. The summed E-state index contributed by atoms with van der Waals surface area (Å²) >= 11 is 0. The zero-order valence-corrected chi connectivity index (χ0v) is 19.0. The Balaban J connectivity index is 1.44. The van der Waals surface area contributed by atoms with Gasteiger partial charge in [-0.3, -0.25) is 9.48 Å². The lowest BCUT2D eigenvalue weighted by Crippen LogP contribution is -2.29. The van der Waals surface area contributed by atoms with Crippen molar-refractivity contribution in [2.45, 2.75) is 24.9 Å². The van der Waals surface area contributed by atoms with Crippen LogP contribution < -0.4 is 10.6 Å². The molecule has 0 saturated carbocycles.